The van der Waals surface area contributed by atoms with Crippen LogP contribution in [-0.4, -0.2) is 28.9 Å². The van der Waals surface area contributed by atoms with Gasteiger partial charge in [-0.1, -0.05) is 23.9 Å². The minimum atomic E-state index is -0.461. The van der Waals surface area contributed by atoms with E-state index >= 15 is 0 Å². The number of benzene rings is 2. The maximum absolute atomic E-state index is 12.9. The van der Waals surface area contributed by atoms with Crippen molar-refractivity contribution in [1.82, 2.24) is 4.98 Å². The Morgan fingerprint density at radius 1 is 1.23 bits per heavy atom. The Labute approximate surface area is 182 Å². The number of thiazole rings is 1. The van der Waals surface area contributed by atoms with Gasteiger partial charge in [0.15, 0.2) is 4.34 Å². The summed E-state index contributed by atoms with van der Waals surface area (Å²) in [4.78, 5) is 31.1. The summed E-state index contributed by atoms with van der Waals surface area (Å²) in [5.74, 6) is -0.369. The molecule has 1 aliphatic rings. The standard InChI is InChI=1S/C21H20N4O3S2/c1-14-13-29-21(22-14)30-19-9-8-15(12-18(19)25(27)28)20(26)23-16-6-2-3-7-17(16)24-10-4-5-11-24/h2-3,6-9,12-13H,4-5,10-11H2,1H3,(H,23,26). The number of nitrogens with one attached hydrogen (secondary N) is 1. The van der Waals surface area contributed by atoms with Gasteiger partial charge in [0.05, 0.1) is 21.2 Å². The lowest BCUT2D eigenvalue weighted by Gasteiger charge is -2.21. The number of aromatic nitrogens is 1. The van der Waals surface area contributed by atoms with Crippen LogP contribution >= 0.6 is 23.1 Å². The lowest BCUT2D eigenvalue weighted by Crippen LogP contribution is -2.21. The predicted octanol–water partition coefficient (Wildman–Crippen LogP) is 5.36. The van der Waals surface area contributed by atoms with E-state index in [-0.39, 0.29) is 17.2 Å². The Hall–Kier alpha value is -2.91. The van der Waals surface area contributed by atoms with Crippen molar-refractivity contribution in [1.29, 1.82) is 0 Å². The van der Waals surface area contributed by atoms with Crippen LogP contribution in [0.3, 0.4) is 0 Å². The van der Waals surface area contributed by atoms with Crippen molar-refractivity contribution in [2.45, 2.75) is 29.0 Å². The molecule has 2 heterocycles. The van der Waals surface area contributed by atoms with E-state index < -0.39 is 4.92 Å². The molecule has 9 heteroatoms. The average Bonchev–Trinajstić information content (AvgIpc) is 3.40. The maximum Gasteiger partial charge on any atom is 0.284 e. The molecule has 2 aromatic carbocycles. The molecule has 1 aromatic heterocycles. The number of para-hydroxylation sites is 2. The van der Waals surface area contributed by atoms with Gasteiger partial charge in [-0.15, -0.1) is 11.3 Å². The van der Waals surface area contributed by atoms with Crippen molar-refractivity contribution in [3.8, 4) is 0 Å². The molecule has 30 heavy (non-hydrogen) atoms. The van der Waals surface area contributed by atoms with E-state index in [1.54, 1.807) is 12.1 Å². The van der Waals surface area contributed by atoms with Crippen LogP contribution in [0.25, 0.3) is 0 Å². The summed E-state index contributed by atoms with van der Waals surface area (Å²) in [5.41, 5.74) is 2.71. The molecule has 0 atom stereocenters. The number of rotatable bonds is 6. The number of nitro benzene ring substituents is 1. The molecular formula is C21H20N4O3S2. The van der Waals surface area contributed by atoms with E-state index in [1.165, 1.54) is 29.2 Å². The first-order valence-electron chi connectivity index (χ1n) is 9.55. The number of carbonyl (C=O) groups is 1. The third-order valence-electron chi connectivity index (χ3n) is 4.81. The molecule has 0 saturated carbocycles. The highest BCUT2D eigenvalue weighted by Crippen LogP contribution is 2.37. The Kier molecular flexibility index (Phi) is 6.01. The number of aryl methyl sites for hydroxylation is 1. The number of nitrogens with zero attached hydrogens (tertiary/aromatic N) is 3. The SMILES string of the molecule is Cc1csc(Sc2ccc(C(=O)Nc3ccccc3N3CCCC3)cc2[N+](=O)[O-])n1. The van der Waals surface area contributed by atoms with Crippen LogP contribution in [0.1, 0.15) is 28.9 Å². The zero-order chi connectivity index (χ0) is 21.1. The lowest BCUT2D eigenvalue weighted by molar-refractivity contribution is -0.387. The van der Waals surface area contributed by atoms with Crippen LogP contribution in [0.5, 0.6) is 0 Å². The van der Waals surface area contributed by atoms with Gasteiger partial charge in [-0.2, -0.15) is 0 Å². The highest BCUT2D eigenvalue weighted by molar-refractivity contribution is 8.01. The molecule has 1 fully saturated rings. The minimum Gasteiger partial charge on any atom is -0.370 e. The fourth-order valence-corrected chi connectivity index (χ4v) is 5.25. The fraction of sp³-hybridized carbons (Fsp3) is 0.238. The summed E-state index contributed by atoms with van der Waals surface area (Å²) < 4.78 is 0.729. The van der Waals surface area contributed by atoms with Crippen molar-refractivity contribution < 1.29 is 9.72 Å². The van der Waals surface area contributed by atoms with Gasteiger partial charge in [0.25, 0.3) is 11.6 Å². The van der Waals surface area contributed by atoms with Gasteiger partial charge in [-0.3, -0.25) is 14.9 Å². The smallest absolute Gasteiger partial charge is 0.284 e. The molecule has 0 aliphatic carbocycles. The summed E-state index contributed by atoms with van der Waals surface area (Å²) in [6.07, 6.45) is 2.26. The van der Waals surface area contributed by atoms with Gasteiger partial charge >= 0.3 is 0 Å². The second-order valence-electron chi connectivity index (χ2n) is 6.96. The van der Waals surface area contributed by atoms with Crippen molar-refractivity contribution in [3.63, 3.8) is 0 Å². The third-order valence-corrected chi connectivity index (χ3v) is 6.93. The molecule has 3 aromatic rings. The van der Waals surface area contributed by atoms with E-state index in [1.807, 2.05) is 36.6 Å². The third kappa shape index (κ3) is 4.47. The first kappa shape index (κ1) is 20.4. The van der Waals surface area contributed by atoms with Gasteiger partial charge in [-0.25, -0.2) is 4.98 Å². The van der Waals surface area contributed by atoms with Crippen molar-refractivity contribution >= 4 is 46.1 Å². The summed E-state index contributed by atoms with van der Waals surface area (Å²) in [7, 11) is 0. The summed E-state index contributed by atoms with van der Waals surface area (Å²) in [5, 5.41) is 16.4. The number of hydrogen-bond acceptors (Lipinski definition) is 7. The van der Waals surface area contributed by atoms with Crippen molar-refractivity contribution in [3.05, 3.63) is 69.2 Å². The van der Waals surface area contributed by atoms with Crippen molar-refractivity contribution in [2.75, 3.05) is 23.3 Å². The first-order chi connectivity index (χ1) is 14.5. The molecule has 1 aliphatic heterocycles. The zero-order valence-electron chi connectivity index (χ0n) is 16.3. The Bertz CT molecular complexity index is 1090. The predicted molar refractivity (Wildman–Crippen MR) is 120 cm³/mol. The quantitative estimate of drug-likeness (QED) is 0.410. The van der Waals surface area contributed by atoms with E-state index in [0.29, 0.717) is 10.6 Å². The van der Waals surface area contributed by atoms with E-state index in [0.717, 1.165) is 41.7 Å². The van der Waals surface area contributed by atoms with E-state index in [9.17, 15) is 14.9 Å². The number of hydrogen-bond donors (Lipinski definition) is 1. The van der Waals surface area contributed by atoms with Gasteiger partial charge < -0.3 is 10.2 Å². The van der Waals surface area contributed by atoms with Gasteiger partial charge in [0.1, 0.15) is 0 Å². The van der Waals surface area contributed by atoms with Gasteiger partial charge in [-0.05, 0) is 44.0 Å². The summed E-state index contributed by atoms with van der Waals surface area (Å²) >= 11 is 2.67. The second-order valence-corrected chi connectivity index (χ2v) is 9.11. The molecular weight excluding hydrogens is 420 g/mol. The second kappa shape index (κ2) is 8.85. The Morgan fingerprint density at radius 3 is 2.70 bits per heavy atom. The van der Waals surface area contributed by atoms with Crippen molar-refractivity contribution in [2.24, 2.45) is 0 Å². The fourth-order valence-electron chi connectivity index (χ4n) is 3.37. The largest absolute Gasteiger partial charge is 0.370 e. The number of amides is 1. The number of carbonyl (C=O) groups excluding carboxylic acids is 1. The highest BCUT2D eigenvalue weighted by Gasteiger charge is 2.21. The van der Waals surface area contributed by atoms with Crippen LogP contribution in [0.15, 0.2) is 57.1 Å². The van der Waals surface area contributed by atoms with E-state index in [2.05, 4.69) is 15.2 Å². The molecule has 1 N–H and O–H groups in total. The molecule has 4 rings (SSSR count). The van der Waals surface area contributed by atoms with Crippen LogP contribution in [0.4, 0.5) is 17.1 Å². The highest BCUT2D eigenvalue weighted by atomic mass is 32.2. The topological polar surface area (TPSA) is 88.4 Å². The van der Waals surface area contributed by atoms with Gasteiger partial charge in [0.2, 0.25) is 0 Å². The Balaban J connectivity index is 1.57. The summed E-state index contributed by atoms with van der Waals surface area (Å²) in [6, 6.07) is 12.2. The lowest BCUT2D eigenvalue weighted by atomic mass is 10.1. The van der Waals surface area contributed by atoms with Crippen LogP contribution in [-0.2, 0) is 0 Å². The minimum absolute atomic E-state index is 0.103. The number of anilines is 2. The monoisotopic (exact) mass is 440 g/mol. The average molecular weight is 441 g/mol. The van der Waals surface area contributed by atoms with E-state index in [4.69, 9.17) is 0 Å². The van der Waals surface area contributed by atoms with Crippen LogP contribution in [0, 0.1) is 17.0 Å². The molecule has 154 valence electrons. The van der Waals surface area contributed by atoms with Gasteiger partial charge in [0, 0.05) is 35.8 Å². The maximum atomic E-state index is 12.9. The molecule has 7 nitrogen and oxygen atoms in total. The normalized spacial score (nSPS) is 13.4. The Morgan fingerprint density at radius 2 is 2.00 bits per heavy atom. The number of nitro groups is 1. The summed E-state index contributed by atoms with van der Waals surface area (Å²) in [6.45, 7) is 3.80. The molecule has 1 amide bonds. The first-order valence-corrected chi connectivity index (χ1v) is 11.2. The molecule has 0 radical (unpaired) electrons. The molecule has 0 bridgehead atoms. The molecule has 1 saturated heterocycles. The molecule has 0 unspecified atom stereocenters. The zero-order valence-corrected chi connectivity index (χ0v) is 18.0. The van der Waals surface area contributed by atoms with Crippen LogP contribution in [0.2, 0.25) is 0 Å². The van der Waals surface area contributed by atoms with Crippen LogP contribution < -0.4 is 10.2 Å². The molecule has 0 spiro atoms.